The summed E-state index contributed by atoms with van der Waals surface area (Å²) >= 11 is 0. The van der Waals surface area contributed by atoms with Gasteiger partial charge in [0.2, 0.25) is 0 Å². The molecule has 0 saturated heterocycles. The first-order valence-electron chi connectivity index (χ1n) is 5.42. The third-order valence-electron chi connectivity index (χ3n) is 1.85. The highest BCUT2D eigenvalue weighted by Gasteiger charge is 2.12. The van der Waals surface area contributed by atoms with Crippen LogP contribution in [0.4, 0.5) is 0 Å². The van der Waals surface area contributed by atoms with Gasteiger partial charge in [-0.15, -0.1) is 6.58 Å². The molecule has 0 atom stereocenters. The van der Waals surface area contributed by atoms with Gasteiger partial charge in [-0.3, -0.25) is 4.79 Å². The fourth-order valence-corrected chi connectivity index (χ4v) is 1.25. The maximum atomic E-state index is 11.7. The van der Waals surface area contributed by atoms with Gasteiger partial charge in [0.15, 0.2) is 5.65 Å². The number of rotatable bonds is 2. The fraction of sp³-hybridized carbons (Fsp3) is 0.154. The number of carbonyl (C=O) groups excluding carboxylic acids is 1. The maximum Gasteiger partial charge on any atom is 0.260 e. The second-order valence-corrected chi connectivity index (χ2v) is 3.59. The standard InChI is InChI=1S/C10H10N4O.C3H6/c1-7(2)13-10(15)8-6-12-14-5-3-4-11-9(8)14;1-3-2/h3-6H,1H2,2H3,(H,13,15);3H,1H2,2H3. The molecule has 18 heavy (non-hydrogen) atoms. The summed E-state index contributed by atoms with van der Waals surface area (Å²) in [6, 6.07) is 1.75. The summed E-state index contributed by atoms with van der Waals surface area (Å²) in [4.78, 5) is 15.7. The number of hydrogen-bond acceptors (Lipinski definition) is 3. The fourth-order valence-electron chi connectivity index (χ4n) is 1.25. The molecule has 0 aromatic carbocycles. The van der Waals surface area contributed by atoms with Crippen molar-refractivity contribution >= 4 is 11.6 Å². The van der Waals surface area contributed by atoms with E-state index in [-0.39, 0.29) is 5.91 Å². The lowest BCUT2D eigenvalue weighted by molar-refractivity contribution is 0.0967. The number of amides is 1. The van der Waals surface area contributed by atoms with Gasteiger partial charge in [0.1, 0.15) is 5.56 Å². The third kappa shape index (κ3) is 3.28. The van der Waals surface area contributed by atoms with E-state index in [0.717, 1.165) is 0 Å². The number of hydrogen-bond donors (Lipinski definition) is 1. The van der Waals surface area contributed by atoms with Gasteiger partial charge in [-0.05, 0) is 19.9 Å². The molecule has 2 rings (SSSR count). The van der Waals surface area contributed by atoms with Crippen LogP contribution in [0, 0.1) is 0 Å². The van der Waals surface area contributed by atoms with Crippen LogP contribution in [0.1, 0.15) is 24.2 Å². The Hall–Kier alpha value is -2.43. The summed E-state index contributed by atoms with van der Waals surface area (Å²) in [5.41, 5.74) is 1.57. The molecular weight excluding hydrogens is 228 g/mol. The molecule has 0 radical (unpaired) electrons. The number of aromatic nitrogens is 3. The van der Waals surface area contributed by atoms with Gasteiger partial charge in [0.25, 0.3) is 5.91 Å². The molecule has 94 valence electrons. The van der Waals surface area contributed by atoms with Crippen LogP contribution in [-0.2, 0) is 0 Å². The molecule has 0 saturated carbocycles. The number of nitrogens with zero attached hydrogens (tertiary/aromatic N) is 3. The van der Waals surface area contributed by atoms with Crippen LogP contribution >= 0.6 is 0 Å². The highest BCUT2D eigenvalue weighted by Crippen LogP contribution is 2.06. The predicted octanol–water partition coefficient (Wildman–Crippen LogP) is 2.18. The highest BCUT2D eigenvalue weighted by atomic mass is 16.1. The van der Waals surface area contributed by atoms with Gasteiger partial charge >= 0.3 is 0 Å². The molecule has 2 aromatic rings. The molecule has 1 N–H and O–H groups in total. The van der Waals surface area contributed by atoms with E-state index in [0.29, 0.717) is 16.9 Å². The Kier molecular flexibility index (Phi) is 4.80. The van der Waals surface area contributed by atoms with Crippen molar-refractivity contribution in [1.29, 1.82) is 0 Å². The summed E-state index contributed by atoms with van der Waals surface area (Å²) in [7, 11) is 0. The van der Waals surface area contributed by atoms with Crippen LogP contribution in [-0.4, -0.2) is 20.5 Å². The largest absolute Gasteiger partial charge is 0.326 e. The molecule has 0 unspecified atom stereocenters. The third-order valence-corrected chi connectivity index (χ3v) is 1.85. The van der Waals surface area contributed by atoms with Crippen molar-refractivity contribution in [2.45, 2.75) is 13.8 Å². The zero-order valence-corrected chi connectivity index (χ0v) is 10.6. The Bertz CT molecular complexity index is 571. The first-order chi connectivity index (χ1) is 8.60. The second kappa shape index (κ2) is 6.34. The number of allylic oxidation sites excluding steroid dienone is 2. The van der Waals surface area contributed by atoms with Gasteiger partial charge in [-0.25, -0.2) is 9.50 Å². The molecule has 0 bridgehead atoms. The van der Waals surface area contributed by atoms with E-state index in [1.54, 1.807) is 36.0 Å². The van der Waals surface area contributed by atoms with E-state index >= 15 is 0 Å². The normalized spacial score (nSPS) is 9.22. The first-order valence-corrected chi connectivity index (χ1v) is 5.42. The van der Waals surface area contributed by atoms with Crippen molar-refractivity contribution in [3.8, 4) is 0 Å². The molecule has 5 nitrogen and oxygen atoms in total. The predicted molar refractivity (Wildman–Crippen MR) is 71.1 cm³/mol. The van der Waals surface area contributed by atoms with Crippen molar-refractivity contribution in [2.75, 3.05) is 0 Å². The van der Waals surface area contributed by atoms with E-state index in [2.05, 4.69) is 28.6 Å². The SMILES string of the molecule is C=C(C)NC(=O)c1cnn2cccnc12.C=CC. The van der Waals surface area contributed by atoms with E-state index in [1.807, 2.05) is 6.92 Å². The average molecular weight is 244 g/mol. The number of nitrogens with one attached hydrogen (secondary N) is 1. The topological polar surface area (TPSA) is 59.3 Å². The summed E-state index contributed by atoms with van der Waals surface area (Å²) < 4.78 is 1.55. The van der Waals surface area contributed by atoms with Crippen LogP contribution in [0.5, 0.6) is 0 Å². The molecule has 2 heterocycles. The van der Waals surface area contributed by atoms with Crippen LogP contribution in [0.3, 0.4) is 0 Å². The lowest BCUT2D eigenvalue weighted by Crippen LogP contribution is -2.20. The van der Waals surface area contributed by atoms with Crippen molar-refractivity contribution in [3.05, 3.63) is 55.2 Å². The Morgan fingerprint density at radius 3 is 2.83 bits per heavy atom. The molecule has 1 amide bonds. The Morgan fingerprint density at radius 1 is 1.56 bits per heavy atom. The van der Waals surface area contributed by atoms with Crippen LogP contribution in [0.25, 0.3) is 5.65 Å². The van der Waals surface area contributed by atoms with Gasteiger partial charge in [-0.2, -0.15) is 5.10 Å². The molecule has 0 aliphatic heterocycles. The molecule has 0 aliphatic rings. The molecular formula is C13H16N4O. The molecule has 0 spiro atoms. The van der Waals surface area contributed by atoms with Crippen molar-refractivity contribution in [1.82, 2.24) is 19.9 Å². The molecule has 2 aromatic heterocycles. The van der Waals surface area contributed by atoms with E-state index in [9.17, 15) is 4.79 Å². The minimum atomic E-state index is -0.240. The van der Waals surface area contributed by atoms with Gasteiger partial charge in [0.05, 0.1) is 6.20 Å². The van der Waals surface area contributed by atoms with Gasteiger partial charge < -0.3 is 5.32 Å². The second-order valence-electron chi connectivity index (χ2n) is 3.59. The molecule has 0 aliphatic carbocycles. The van der Waals surface area contributed by atoms with E-state index in [1.165, 1.54) is 6.20 Å². The summed E-state index contributed by atoms with van der Waals surface area (Å²) in [6.07, 6.45) is 6.59. The van der Waals surface area contributed by atoms with Gasteiger partial charge in [0, 0.05) is 18.1 Å². The number of carbonyl (C=O) groups is 1. The summed E-state index contributed by atoms with van der Waals surface area (Å²) in [5, 5.41) is 6.62. The lowest BCUT2D eigenvalue weighted by atomic mass is 10.3. The van der Waals surface area contributed by atoms with Crippen molar-refractivity contribution < 1.29 is 4.79 Å². The van der Waals surface area contributed by atoms with Gasteiger partial charge in [-0.1, -0.05) is 12.7 Å². The number of fused-ring (bicyclic) bond motifs is 1. The smallest absolute Gasteiger partial charge is 0.260 e. The minimum Gasteiger partial charge on any atom is -0.326 e. The molecule has 0 fully saturated rings. The monoisotopic (exact) mass is 244 g/mol. The van der Waals surface area contributed by atoms with Crippen LogP contribution < -0.4 is 5.32 Å². The lowest BCUT2D eigenvalue weighted by Gasteiger charge is -2.00. The summed E-state index contributed by atoms with van der Waals surface area (Å²) in [6.45, 7) is 10.6. The molecule has 5 heteroatoms. The first kappa shape index (κ1) is 13.6. The van der Waals surface area contributed by atoms with Crippen LogP contribution in [0.2, 0.25) is 0 Å². The van der Waals surface area contributed by atoms with Crippen molar-refractivity contribution in [2.24, 2.45) is 0 Å². The van der Waals surface area contributed by atoms with Crippen LogP contribution in [0.15, 0.2) is 49.6 Å². The quantitative estimate of drug-likeness (QED) is 0.824. The maximum absolute atomic E-state index is 11.7. The van der Waals surface area contributed by atoms with E-state index in [4.69, 9.17) is 0 Å². The van der Waals surface area contributed by atoms with E-state index < -0.39 is 0 Å². The summed E-state index contributed by atoms with van der Waals surface area (Å²) in [5.74, 6) is -0.240. The van der Waals surface area contributed by atoms with Crippen molar-refractivity contribution in [3.63, 3.8) is 0 Å². The average Bonchev–Trinajstić information content (AvgIpc) is 2.72. The Balaban J connectivity index is 0.000000492. The zero-order chi connectivity index (χ0) is 13.5. The minimum absolute atomic E-state index is 0.240. The zero-order valence-electron chi connectivity index (χ0n) is 10.6. The Labute approximate surface area is 106 Å². The Morgan fingerprint density at radius 2 is 2.22 bits per heavy atom. The highest BCUT2D eigenvalue weighted by molar-refractivity contribution is 6.00.